The molecule has 3 heteroatoms. The van der Waals surface area contributed by atoms with Gasteiger partial charge in [0.25, 0.3) is 5.91 Å². The van der Waals surface area contributed by atoms with Gasteiger partial charge in [-0.15, -0.1) is 0 Å². The lowest BCUT2D eigenvalue weighted by Gasteiger charge is -2.29. The van der Waals surface area contributed by atoms with Gasteiger partial charge >= 0.3 is 0 Å². The van der Waals surface area contributed by atoms with Crippen LogP contribution in [0.15, 0.2) is 0 Å². The van der Waals surface area contributed by atoms with Gasteiger partial charge < -0.3 is 9.64 Å². The second kappa shape index (κ2) is 1.72. The highest BCUT2D eigenvalue weighted by molar-refractivity contribution is 5.88. The maximum atomic E-state index is 11.3. The number of carbonyl (C=O) groups is 1. The van der Waals surface area contributed by atoms with Crippen LogP contribution in [0.1, 0.15) is 12.8 Å². The zero-order valence-electron chi connectivity index (χ0n) is 6.09. The Morgan fingerprint density at radius 2 is 2.30 bits per heavy atom. The summed E-state index contributed by atoms with van der Waals surface area (Å²) in [4.78, 5) is 13.1. The first-order valence-corrected chi connectivity index (χ1v) is 3.64. The third kappa shape index (κ3) is 0.669. The van der Waals surface area contributed by atoms with Gasteiger partial charge in [-0.25, -0.2) is 0 Å². The number of likely N-dealkylation sites (N-methyl/N-ethyl adjacent to an activating group) is 1. The molecule has 0 aromatic rings. The van der Waals surface area contributed by atoms with Crippen molar-refractivity contribution in [2.45, 2.75) is 18.4 Å². The number of nitrogens with zero attached hydrogens (tertiary/aromatic N) is 1. The second-order valence-electron chi connectivity index (χ2n) is 3.07. The summed E-state index contributed by atoms with van der Waals surface area (Å²) in [6, 6.07) is 0. The first kappa shape index (κ1) is 6.16. The molecule has 1 saturated carbocycles. The summed E-state index contributed by atoms with van der Waals surface area (Å²) in [5, 5.41) is 0. The molecule has 1 aliphatic carbocycles. The van der Waals surface area contributed by atoms with Crippen molar-refractivity contribution in [2.24, 2.45) is 0 Å². The second-order valence-corrected chi connectivity index (χ2v) is 3.07. The molecule has 1 aliphatic heterocycles. The van der Waals surface area contributed by atoms with E-state index in [4.69, 9.17) is 4.74 Å². The minimum Gasteiger partial charge on any atom is -0.363 e. The normalized spacial score (nSPS) is 29.3. The molecule has 2 fully saturated rings. The summed E-state index contributed by atoms with van der Waals surface area (Å²) < 4.78 is 5.37. The van der Waals surface area contributed by atoms with Crippen LogP contribution in [0.3, 0.4) is 0 Å². The lowest BCUT2D eigenvalue weighted by molar-refractivity contribution is -0.154. The molecule has 56 valence electrons. The van der Waals surface area contributed by atoms with E-state index in [1.165, 1.54) is 0 Å². The summed E-state index contributed by atoms with van der Waals surface area (Å²) in [6.07, 6.45) is 1.85. The molecule has 0 aromatic carbocycles. The molecule has 0 N–H and O–H groups in total. The highest BCUT2D eigenvalue weighted by Crippen LogP contribution is 2.42. The number of amides is 1. The first-order valence-electron chi connectivity index (χ1n) is 3.64. The lowest BCUT2D eigenvalue weighted by atomic mass is 10.2. The Morgan fingerprint density at radius 1 is 1.60 bits per heavy atom. The fraction of sp³-hybridized carbons (Fsp3) is 0.857. The van der Waals surface area contributed by atoms with Crippen molar-refractivity contribution >= 4 is 5.91 Å². The van der Waals surface area contributed by atoms with E-state index in [9.17, 15) is 4.79 Å². The zero-order chi connectivity index (χ0) is 7.19. The lowest BCUT2D eigenvalue weighted by Crippen LogP contribution is -2.47. The molecular formula is C7H11NO2. The first-order chi connectivity index (χ1) is 4.75. The van der Waals surface area contributed by atoms with Crippen molar-refractivity contribution in [1.29, 1.82) is 0 Å². The average molecular weight is 141 g/mol. The van der Waals surface area contributed by atoms with Gasteiger partial charge in [0.2, 0.25) is 0 Å². The Kier molecular flexibility index (Phi) is 1.06. The van der Waals surface area contributed by atoms with Crippen LogP contribution in [0.4, 0.5) is 0 Å². The van der Waals surface area contributed by atoms with Gasteiger partial charge in [-0.3, -0.25) is 4.79 Å². The average Bonchev–Trinajstić information content (AvgIpc) is 2.65. The van der Waals surface area contributed by atoms with Gasteiger partial charge in [-0.05, 0) is 12.8 Å². The Balaban J connectivity index is 2.15. The number of rotatable bonds is 0. The zero-order valence-corrected chi connectivity index (χ0v) is 6.09. The third-order valence-corrected chi connectivity index (χ3v) is 2.25. The topological polar surface area (TPSA) is 29.5 Å². The molecule has 2 rings (SSSR count). The van der Waals surface area contributed by atoms with E-state index >= 15 is 0 Å². The largest absolute Gasteiger partial charge is 0.363 e. The molecule has 0 atom stereocenters. The molecule has 1 amide bonds. The minimum absolute atomic E-state index is 0.179. The number of carbonyl (C=O) groups excluding carboxylic acids is 1. The van der Waals surface area contributed by atoms with Crippen molar-refractivity contribution in [3.63, 3.8) is 0 Å². The van der Waals surface area contributed by atoms with Gasteiger partial charge in [0.1, 0.15) is 5.60 Å². The summed E-state index contributed by atoms with van der Waals surface area (Å²) >= 11 is 0. The molecule has 2 aliphatic rings. The van der Waals surface area contributed by atoms with Crippen LogP contribution in [0.25, 0.3) is 0 Å². The minimum atomic E-state index is -0.354. The Labute approximate surface area is 60.0 Å². The van der Waals surface area contributed by atoms with Crippen LogP contribution in [-0.2, 0) is 9.53 Å². The van der Waals surface area contributed by atoms with Crippen LogP contribution in [0.2, 0.25) is 0 Å². The van der Waals surface area contributed by atoms with Crippen molar-refractivity contribution in [2.75, 3.05) is 20.2 Å². The maximum absolute atomic E-state index is 11.3. The summed E-state index contributed by atoms with van der Waals surface area (Å²) in [7, 11) is 1.84. The van der Waals surface area contributed by atoms with Gasteiger partial charge in [0.05, 0.1) is 6.61 Å². The third-order valence-electron chi connectivity index (χ3n) is 2.25. The van der Waals surface area contributed by atoms with E-state index in [-0.39, 0.29) is 11.5 Å². The molecule has 1 heterocycles. The van der Waals surface area contributed by atoms with Crippen molar-refractivity contribution in [3.8, 4) is 0 Å². The fourth-order valence-electron chi connectivity index (χ4n) is 1.36. The molecule has 0 unspecified atom stereocenters. The molecule has 0 radical (unpaired) electrons. The van der Waals surface area contributed by atoms with Crippen LogP contribution in [-0.4, -0.2) is 36.6 Å². The van der Waals surface area contributed by atoms with Gasteiger partial charge in [0.15, 0.2) is 0 Å². The van der Waals surface area contributed by atoms with Gasteiger partial charge in [-0.1, -0.05) is 0 Å². The summed E-state index contributed by atoms with van der Waals surface area (Å²) in [6.45, 7) is 1.46. The van der Waals surface area contributed by atoms with E-state index in [0.717, 1.165) is 19.4 Å². The SMILES string of the molecule is CN1CCOC2(CC2)C1=O. The number of morpholine rings is 1. The van der Waals surface area contributed by atoms with Crippen molar-refractivity contribution in [3.05, 3.63) is 0 Å². The van der Waals surface area contributed by atoms with E-state index in [0.29, 0.717) is 6.61 Å². The van der Waals surface area contributed by atoms with Crippen LogP contribution < -0.4 is 0 Å². The molecule has 1 spiro atoms. The molecular weight excluding hydrogens is 130 g/mol. The van der Waals surface area contributed by atoms with Gasteiger partial charge in [-0.2, -0.15) is 0 Å². The number of ether oxygens (including phenoxy) is 1. The molecule has 3 nitrogen and oxygen atoms in total. The van der Waals surface area contributed by atoms with Crippen LogP contribution in [0.5, 0.6) is 0 Å². The van der Waals surface area contributed by atoms with Crippen LogP contribution in [0, 0.1) is 0 Å². The molecule has 0 bridgehead atoms. The molecule has 1 saturated heterocycles. The maximum Gasteiger partial charge on any atom is 0.254 e. The Bertz CT molecular complexity index is 174. The van der Waals surface area contributed by atoms with E-state index < -0.39 is 0 Å². The molecule has 10 heavy (non-hydrogen) atoms. The van der Waals surface area contributed by atoms with E-state index in [1.54, 1.807) is 4.90 Å². The van der Waals surface area contributed by atoms with E-state index in [1.807, 2.05) is 7.05 Å². The number of hydrogen-bond donors (Lipinski definition) is 0. The fourth-order valence-corrected chi connectivity index (χ4v) is 1.36. The quantitative estimate of drug-likeness (QED) is 0.475. The van der Waals surface area contributed by atoms with Crippen LogP contribution >= 0.6 is 0 Å². The number of hydrogen-bond acceptors (Lipinski definition) is 2. The summed E-state index contributed by atoms with van der Waals surface area (Å²) in [5.74, 6) is 0.179. The summed E-state index contributed by atoms with van der Waals surface area (Å²) in [5.41, 5.74) is -0.354. The predicted molar refractivity (Wildman–Crippen MR) is 35.6 cm³/mol. The highest BCUT2D eigenvalue weighted by atomic mass is 16.5. The van der Waals surface area contributed by atoms with Crippen molar-refractivity contribution in [1.82, 2.24) is 4.90 Å². The van der Waals surface area contributed by atoms with Gasteiger partial charge in [0, 0.05) is 13.6 Å². The smallest absolute Gasteiger partial charge is 0.254 e. The predicted octanol–water partition coefficient (Wildman–Crippen LogP) is 0.00760. The highest BCUT2D eigenvalue weighted by Gasteiger charge is 2.54. The Hall–Kier alpha value is -0.570. The van der Waals surface area contributed by atoms with Crippen molar-refractivity contribution < 1.29 is 9.53 Å². The standard InChI is InChI=1S/C7H11NO2/c1-8-4-5-10-7(2-3-7)6(8)9/h2-5H2,1H3. The Morgan fingerprint density at radius 3 is 2.80 bits per heavy atom. The van der Waals surface area contributed by atoms with E-state index in [2.05, 4.69) is 0 Å². The molecule has 0 aromatic heterocycles. The monoisotopic (exact) mass is 141 g/mol.